The van der Waals surface area contributed by atoms with Gasteiger partial charge in [-0.15, -0.1) is 0 Å². The minimum absolute atomic E-state index is 0.0197. The lowest BCUT2D eigenvalue weighted by Gasteiger charge is -2.34. The van der Waals surface area contributed by atoms with E-state index in [1.807, 2.05) is 72.8 Å². The third-order valence-corrected chi connectivity index (χ3v) is 8.57. The Morgan fingerprint density at radius 2 is 1.52 bits per heavy atom. The lowest BCUT2D eigenvalue weighted by Crippen LogP contribution is -2.55. The number of hydrogen-bond acceptors (Lipinski definition) is 6. The molecule has 9 nitrogen and oxygen atoms in total. The summed E-state index contributed by atoms with van der Waals surface area (Å²) in [6.45, 7) is 0.340. The zero-order valence-electron chi connectivity index (χ0n) is 28.4. The van der Waals surface area contributed by atoms with Gasteiger partial charge in [0.15, 0.2) is 0 Å². The molecule has 2 amide bonds. The number of likely N-dealkylation sites (N-methyl/N-ethyl adjacent to an activating group) is 1. The molecule has 2 aromatic heterocycles. The molecule has 0 saturated heterocycles. The third-order valence-electron chi connectivity index (χ3n) is 8.57. The Kier molecular flexibility index (Phi) is 11.7. The van der Waals surface area contributed by atoms with Crippen LogP contribution >= 0.6 is 0 Å². The van der Waals surface area contributed by atoms with E-state index in [9.17, 15) is 14.0 Å². The van der Waals surface area contributed by atoms with E-state index in [-0.39, 0.29) is 43.1 Å². The van der Waals surface area contributed by atoms with Crippen molar-refractivity contribution in [2.75, 3.05) is 13.7 Å². The van der Waals surface area contributed by atoms with Gasteiger partial charge in [0.25, 0.3) is 5.91 Å². The molecule has 0 saturated carbocycles. The molecule has 4 aromatic carbocycles. The summed E-state index contributed by atoms with van der Waals surface area (Å²) >= 11 is 0. The number of H-pyrrole nitrogens is 1. The second-order valence-corrected chi connectivity index (χ2v) is 12.2. The molecule has 6 aromatic rings. The van der Waals surface area contributed by atoms with Gasteiger partial charge in [0.1, 0.15) is 18.2 Å². The van der Waals surface area contributed by atoms with Gasteiger partial charge in [-0.3, -0.25) is 14.9 Å². The second-order valence-electron chi connectivity index (χ2n) is 12.2. The van der Waals surface area contributed by atoms with Gasteiger partial charge >= 0.3 is 6.09 Å². The number of hydrogen-bond donors (Lipinski definition) is 2. The normalized spacial score (nSPS) is 12.1. The van der Waals surface area contributed by atoms with Crippen LogP contribution in [0.4, 0.5) is 13.6 Å². The first-order valence-corrected chi connectivity index (χ1v) is 16.7. The molecule has 2 N–H and O–H groups in total. The number of rotatable bonds is 14. The van der Waals surface area contributed by atoms with Crippen molar-refractivity contribution in [3.8, 4) is 22.5 Å². The third kappa shape index (κ3) is 9.12. The number of carbonyl (C=O) groups excluding carboxylic acids is 2. The van der Waals surface area contributed by atoms with Crippen molar-refractivity contribution in [3.05, 3.63) is 168 Å². The lowest BCUT2D eigenvalue weighted by atomic mass is 9.98. The van der Waals surface area contributed by atoms with Crippen molar-refractivity contribution >= 4 is 12.0 Å². The first kappa shape index (κ1) is 35.6. The number of nitrogens with zero attached hydrogens (tertiary/aromatic N) is 3. The highest BCUT2D eigenvalue weighted by atomic mass is 19.1. The van der Waals surface area contributed by atoms with Gasteiger partial charge in [0, 0.05) is 25.4 Å². The molecule has 0 aliphatic rings. The van der Waals surface area contributed by atoms with Crippen LogP contribution in [0.1, 0.15) is 27.2 Å². The number of aromatic amines is 1. The molecule has 2 unspecified atom stereocenters. The zero-order valence-corrected chi connectivity index (χ0v) is 28.4. The van der Waals surface area contributed by atoms with Crippen molar-refractivity contribution in [3.63, 3.8) is 0 Å². The van der Waals surface area contributed by atoms with Crippen LogP contribution in [0.5, 0.6) is 0 Å². The van der Waals surface area contributed by atoms with E-state index >= 15 is 4.39 Å². The maximum absolute atomic E-state index is 15.6. The van der Waals surface area contributed by atoms with Gasteiger partial charge in [-0.1, -0.05) is 72.8 Å². The number of benzene rings is 4. The number of pyridine rings is 1. The molecule has 0 aliphatic heterocycles. The van der Waals surface area contributed by atoms with E-state index in [0.29, 0.717) is 17.0 Å². The van der Waals surface area contributed by atoms with E-state index in [1.165, 1.54) is 35.2 Å². The standard InChI is InChI=1S/C41H37F2N5O4/c1-48(41(50)52-26-29-13-6-3-7-14-29)38(27-51-25-28-11-4-2-5-12-28)36(23-32-15-8-9-22-44-32)45-40(49)33-16-10-17-34(43)39(33)37-24-35(46-47-37)30-18-20-31(42)21-19-30/h2-22,24,36,38H,23,25-27H2,1H3,(H,45,49)(H,46,47). The second kappa shape index (κ2) is 17.1. The quantitative estimate of drug-likeness (QED) is 0.121. The van der Waals surface area contributed by atoms with Gasteiger partial charge in [0.2, 0.25) is 0 Å². The van der Waals surface area contributed by atoms with Crippen molar-refractivity contribution < 1.29 is 27.8 Å². The van der Waals surface area contributed by atoms with Crippen molar-refractivity contribution in [1.82, 2.24) is 25.4 Å². The number of halogens is 2. The summed E-state index contributed by atoms with van der Waals surface area (Å²) in [6.07, 6.45) is 1.24. The molecule has 11 heteroatoms. The Morgan fingerprint density at radius 3 is 2.21 bits per heavy atom. The molecular weight excluding hydrogens is 664 g/mol. The zero-order chi connectivity index (χ0) is 36.3. The summed E-state index contributed by atoms with van der Waals surface area (Å²) in [7, 11) is 1.59. The van der Waals surface area contributed by atoms with Crippen LogP contribution in [0.25, 0.3) is 22.5 Å². The van der Waals surface area contributed by atoms with Crippen molar-refractivity contribution in [1.29, 1.82) is 0 Å². The molecule has 0 aliphatic carbocycles. The fourth-order valence-corrected chi connectivity index (χ4v) is 5.80. The van der Waals surface area contributed by atoms with E-state index in [0.717, 1.165) is 11.1 Å². The van der Waals surface area contributed by atoms with Crippen molar-refractivity contribution in [2.45, 2.75) is 31.7 Å². The van der Waals surface area contributed by atoms with Crippen LogP contribution < -0.4 is 5.32 Å². The smallest absolute Gasteiger partial charge is 0.410 e. The molecule has 2 heterocycles. The van der Waals surface area contributed by atoms with Gasteiger partial charge in [-0.25, -0.2) is 13.6 Å². The Hall–Kier alpha value is -6.20. The molecule has 0 bridgehead atoms. The average Bonchev–Trinajstić information content (AvgIpc) is 3.66. The van der Waals surface area contributed by atoms with Gasteiger partial charge in [-0.2, -0.15) is 5.10 Å². The lowest BCUT2D eigenvalue weighted by molar-refractivity contribution is 0.0307. The SMILES string of the molecule is CN(C(=O)OCc1ccccc1)C(COCc1ccccc1)C(Cc1ccccn1)NC(=O)c1cccc(F)c1-c1cc(-c2ccc(F)cc2)[nH]n1. The maximum Gasteiger partial charge on any atom is 0.410 e. The topological polar surface area (TPSA) is 109 Å². The van der Waals surface area contributed by atoms with Gasteiger partial charge in [0.05, 0.1) is 47.8 Å². The minimum atomic E-state index is -0.766. The summed E-state index contributed by atoms with van der Waals surface area (Å²) in [4.78, 5) is 33.7. The first-order valence-electron chi connectivity index (χ1n) is 16.7. The predicted molar refractivity (Wildman–Crippen MR) is 193 cm³/mol. The van der Waals surface area contributed by atoms with Crippen LogP contribution in [0.2, 0.25) is 0 Å². The summed E-state index contributed by atoms with van der Waals surface area (Å²) in [5, 5.41) is 10.2. The van der Waals surface area contributed by atoms with Crippen LogP contribution in [-0.2, 0) is 29.1 Å². The van der Waals surface area contributed by atoms with Gasteiger partial charge in [-0.05, 0) is 71.3 Å². The summed E-state index contributed by atoms with van der Waals surface area (Å²) < 4.78 is 41.0. The fourth-order valence-electron chi connectivity index (χ4n) is 5.80. The summed E-state index contributed by atoms with van der Waals surface area (Å²) in [6, 6.07) is 34.4. The van der Waals surface area contributed by atoms with Crippen LogP contribution in [0.15, 0.2) is 134 Å². The minimum Gasteiger partial charge on any atom is -0.445 e. The first-order chi connectivity index (χ1) is 25.4. The predicted octanol–water partition coefficient (Wildman–Crippen LogP) is 7.61. The van der Waals surface area contributed by atoms with Crippen LogP contribution in [-0.4, -0.2) is 57.8 Å². The monoisotopic (exact) mass is 701 g/mol. The van der Waals surface area contributed by atoms with Crippen molar-refractivity contribution in [2.24, 2.45) is 0 Å². The molecule has 0 spiro atoms. The van der Waals surface area contributed by atoms with Crippen LogP contribution in [0, 0.1) is 11.6 Å². The number of amides is 2. The Labute approximate surface area is 300 Å². The number of carbonyl (C=O) groups is 2. The Morgan fingerprint density at radius 1 is 0.827 bits per heavy atom. The maximum atomic E-state index is 15.6. The summed E-state index contributed by atoms with van der Waals surface area (Å²) in [5.74, 6) is -1.65. The summed E-state index contributed by atoms with van der Waals surface area (Å²) in [5.41, 5.74) is 3.76. The largest absolute Gasteiger partial charge is 0.445 e. The van der Waals surface area contributed by atoms with E-state index in [2.05, 4.69) is 20.5 Å². The molecule has 6 rings (SSSR count). The fraction of sp³-hybridized carbons (Fsp3) is 0.171. The van der Waals surface area contributed by atoms with Gasteiger partial charge < -0.3 is 19.7 Å². The molecule has 2 atom stereocenters. The number of nitrogens with one attached hydrogen (secondary N) is 2. The molecule has 0 radical (unpaired) electrons. The highest BCUT2D eigenvalue weighted by molar-refractivity contribution is 6.01. The number of aromatic nitrogens is 3. The highest BCUT2D eigenvalue weighted by Gasteiger charge is 2.33. The van der Waals surface area contributed by atoms with E-state index in [1.54, 1.807) is 37.5 Å². The van der Waals surface area contributed by atoms with E-state index in [4.69, 9.17) is 9.47 Å². The Bertz CT molecular complexity index is 2060. The van der Waals surface area contributed by atoms with Crippen LogP contribution in [0.3, 0.4) is 0 Å². The number of ether oxygens (including phenoxy) is 2. The molecule has 0 fully saturated rings. The molecule has 264 valence electrons. The van der Waals surface area contributed by atoms with E-state index < -0.39 is 35.7 Å². The average molecular weight is 702 g/mol. The Balaban J connectivity index is 1.30. The molecular formula is C41H37F2N5O4. The molecule has 52 heavy (non-hydrogen) atoms. The highest BCUT2D eigenvalue weighted by Crippen LogP contribution is 2.29.